The van der Waals surface area contributed by atoms with Gasteiger partial charge in [-0.2, -0.15) is 0 Å². The SMILES string of the molecule is Cc1ccc(C(=O)c2ccc3c(c2)CCCC(=O)N3)cc1. The molecule has 0 saturated carbocycles. The second kappa shape index (κ2) is 5.52. The molecule has 0 saturated heterocycles. The van der Waals surface area contributed by atoms with E-state index in [1.165, 1.54) is 0 Å². The lowest BCUT2D eigenvalue weighted by molar-refractivity contribution is -0.116. The van der Waals surface area contributed by atoms with Crippen LogP contribution >= 0.6 is 0 Å². The first kappa shape index (κ1) is 13.6. The first-order valence-corrected chi connectivity index (χ1v) is 7.17. The number of nitrogens with one attached hydrogen (secondary N) is 1. The summed E-state index contributed by atoms with van der Waals surface area (Å²) in [6.07, 6.45) is 2.18. The molecular formula is C18H17NO2. The Kier molecular flexibility index (Phi) is 3.57. The number of ketones is 1. The highest BCUT2D eigenvalue weighted by Crippen LogP contribution is 2.24. The topological polar surface area (TPSA) is 46.2 Å². The molecule has 0 unspecified atom stereocenters. The van der Waals surface area contributed by atoms with Crippen molar-refractivity contribution in [1.29, 1.82) is 0 Å². The van der Waals surface area contributed by atoms with Crippen molar-refractivity contribution in [2.24, 2.45) is 0 Å². The fourth-order valence-electron chi connectivity index (χ4n) is 2.59. The zero-order chi connectivity index (χ0) is 14.8. The van der Waals surface area contributed by atoms with Crippen molar-refractivity contribution in [2.45, 2.75) is 26.2 Å². The van der Waals surface area contributed by atoms with Crippen LogP contribution in [0.4, 0.5) is 5.69 Å². The van der Waals surface area contributed by atoms with E-state index < -0.39 is 0 Å². The Balaban J connectivity index is 1.93. The van der Waals surface area contributed by atoms with Gasteiger partial charge in [0.05, 0.1) is 0 Å². The lowest BCUT2D eigenvalue weighted by Crippen LogP contribution is -2.09. The standard InChI is InChI=1S/C18H17NO2/c1-12-5-7-13(8-6-12)18(21)15-9-10-16-14(11-15)3-2-4-17(20)19-16/h5-11H,2-4H2,1H3,(H,19,20). The minimum atomic E-state index is 0.0216. The Labute approximate surface area is 124 Å². The van der Waals surface area contributed by atoms with Crippen LogP contribution in [0.5, 0.6) is 0 Å². The number of fused-ring (bicyclic) bond motifs is 1. The van der Waals surface area contributed by atoms with E-state index in [4.69, 9.17) is 0 Å². The van der Waals surface area contributed by atoms with E-state index in [0.29, 0.717) is 17.5 Å². The Morgan fingerprint density at radius 2 is 1.71 bits per heavy atom. The van der Waals surface area contributed by atoms with E-state index in [2.05, 4.69) is 5.32 Å². The van der Waals surface area contributed by atoms with Crippen molar-refractivity contribution >= 4 is 17.4 Å². The molecule has 0 spiro atoms. The van der Waals surface area contributed by atoms with Gasteiger partial charge in [0.2, 0.25) is 5.91 Å². The van der Waals surface area contributed by atoms with Crippen molar-refractivity contribution in [3.05, 3.63) is 64.7 Å². The maximum Gasteiger partial charge on any atom is 0.224 e. The van der Waals surface area contributed by atoms with E-state index in [1.54, 1.807) is 6.07 Å². The van der Waals surface area contributed by atoms with Gasteiger partial charge in [-0.15, -0.1) is 0 Å². The molecule has 1 heterocycles. The van der Waals surface area contributed by atoms with E-state index in [0.717, 1.165) is 29.7 Å². The molecule has 1 amide bonds. The maximum absolute atomic E-state index is 12.5. The van der Waals surface area contributed by atoms with Crippen LogP contribution in [0.3, 0.4) is 0 Å². The predicted molar refractivity (Wildman–Crippen MR) is 82.6 cm³/mol. The predicted octanol–water partition coefficient (Wildman–Crippen LogP) is 3.50. The number of anilines is 1. The monoisotopic (exact) mass is 279 g/mol. The zero-order valence-electron chi connectivity index (χ0n) is 12.0. The molecule has 0 fully saturated rings. The third kappa shape index (κ3) is 2.87. The smallest absolute Gasteiger partial charge is 0.224 e. The molecule has 0 aromatic heterocycles. The van der Waals surface area contributed by atoms with Crippen molar-refractivity contribution in [3.63, 3.8) is 0 Å². The quantitative estimate of drug-likeness (QED) is 0.855. The molecule has 3 nitrogen and oxygen atoms in total. The molecule has 3 rings (SSSR count). The van der Waals surface area contributed by atoms with Gasteiger partial charge in [0.25, 0.3) is 0 Å². The summed E-state index contributed by atoms with van der Waals surface area (Å²) < 4.78 is 0. The Bertz CT molecular complexity index is 702. The van der Waals surface area contributed by atoms with E-state index >= 15 is 0 Å². The van der Waals surface area contributed by atoms with Crippen LogP contribution in [0.1, 0.15) is 39.9 Å². The summed E-state index contributed by atoms with van der Waals surface area (Å²) >= 11 is 0. The fraction of sp³-hybridized carbons (Fsp3) is 0.222. The second-order valence-electron chi connectivity index (χ2n) is 5.47. The molecule has 2 aromatic rings. The zero-order valence-corrected chi connectivity index (χ0v) is 12.0. The van der Waals surface area contributed by atoms with Crippen LogP contribution in [0.2, 0.25) is 0 Å². The van der Waals surface area contributed by atoms with Crippen LogP contribution in [0, 0.1) is 6.92 Å². The summed E-state index contributed by atoms with van der Waals surface area (Å²) in [4.78, 5) is 24.0. The average Bonchev–Trinajstić information content (AvgIpc) is 2.67. The van der Waals surface area contributed by atoms with Crippen molar-refractivity contribution < 1.29 is 9.59 Å². The molecule has 0 radical (unpaired) electrons. The fourth-order valence-corrected chi connectivity index (χ4v) is 2.59. The van der Waals surface area contributed by atoms with E-state index in [9.17, 15) is 9.59 Å². The number of hydrogen-bond acceptors (Lipinski definition) is 2. The lowest BCUT2D eigenvalue weighted by Gasteiger charge is -2.09. The summed E-state index contributed by atoms with van der Waals surface area (Å²) in [5, 5.41) is 2.89. The van der Waals surface area contributed by atoms with Gasteiger partial charge in [0, 0.05) is 23.2 Å². The number of hydrogen-bond donors (Lipinski definition) is 1. The summed E-state index contributed by atoms with van der Waals surface area (Å²) in [6.45, 7) is 2.00. The van der Waals surface area contributed by atoms with Crippen LogP contribution in [0.15, 0.2) is 42.5 Å². The number of rotatable bonds is 2. The largest absolute Gasteiger partial charge is 0.326 e. The number of amides is 1. The third-order valence-corrected chi connectivity index (χ3v) is 3.81. The number of aryl methyl sites for hydroxylation is 2. The van der Waals surface area contributed by atoms with E-state index in [-0.39, 0.29) is 11.7 Å². The minimum absolute atomic E-state index is 0.0216. The average molecular weight is 279 g/mol. The van der Waals surface area contributed by atoms with Gasteiger partial charge in [-0.05, 0) is 43.5 Å². The molecule has 1 aliphatic rings. The van der Waals surface area contributed by atoms with Gasteiger partial charge in [-0.25, -0.2) is 0 Å². The highest BCUT2D eigenvalue weighted by Gasteiger charge is 2.15. The van der Waals surface area contributed by atoms with Gasteiger partial charge in [0.15, 0.2) is 5.78 Å². The van der Waals surface area contributed by atoms with Crippen LogP contribution in [-0.4, -0.2) is 11.7 Å². The molecule has 106 valence electrons. The van der Waals surface area contributed by atoms with Gasteiger partial charge in [0.1, 0.15) is 0 Å². The highest BCUT2D eigenvalue weighted by molar-refractivity contribution is 6.09. The van der Waals surface area contributed by atoms with Gasteiger partial charge in [-0.1, -0.05) is 29.8 Å². The molecular weight excluding hydrogens is 262 g/mol. The number of carbonyl (C=O) groups is 2. The van der Waals surface area contributed by atoms with Gasteiger partial charge < -0.3 is 5.32 Å². The summed E-state index contributed by atoms with van der Waals surface area (Å²) in [7, 11) is 0. The normalized spacial score (nSPS) is 14.0. The summed E-state index contributed by atoms with van der Waals surface area (Å²) in [6, 6.07) is 13.1. The third-order valence-electron chi connectivity index (χ3n) is 3.81. The Morgan fingerprint density at radius 3 is 2.48 bits per heavy atom. The Morgan fingerprint density at radius 1 is 1.00 bits per heavy atom. The molecule has 3 heteroatoms. The first-order valence-electron chi connectivity index (χ1n) is 7.17. The molecule has 0 aliphatic carbocycles. The first-order chi connectivity index (χ1) is 10.1. The van der Waals surface area contributed by atoms with Crippen molar-refractivity contribution in [1.82, 2.24) is 0 Å². The molecule has 0 bridgehead atoms. The Hall–Kier alpha value is -2.42. The molecule has 0 atom stereocenters. The molecule has 2 aromatic carbocycles. The van der Waals surface area contributed by atoms with Crippen LogP contribution < -0.4 is 5.32 Å². The number of benzene rings is 2. The minimum Gasteiger partial charge on any atom is -0.326 e. The van der Waals surface area contributed by atoms with Crippen molar-refractivity contribution in [3.8, 4) is 0 Å². The molecule has 1 aliphatic heterocycles. The maximum atomic E-state index is 12.5. The molecule has 21 heavy (non-hydrogen) atoms. The van der Waals surface area contributed by atoms with Crippen molar-refractivity contribution in [2.75, 3.05) is 5.32 Å². The number of carbonyl (C=O) groups excluding carboxylic acids is 2. The van der Waals surface area contributed by atoms with Crippen LogP contribution in [0.25, 0.3) is 0 Å². The highest BCUT2D eigenvalue weighted by atomic mass is 16.1. The van der Waals surface area contributed by atoms with Gasteiger partial charge in [-0.3, -0.25) is 9.59 Å². The van der Waals surface area contributed by atoms with E-state index in [1.807, 2.05) is 43.3 Å². The van der Waals surface area contributed by atoms with Crippen LogP contribution in [-0.2, 0) is 11.2 Å². The summed E-state index contributed by atoms with van der Waals surface area (Å²) in [5.41, 5.74) is 4.37. The second-order valence-corrected chi connectivity index (χ2v) is 5.47. The molecule has 1 N–H and O–H groups in total. The van der Waals surface area contributed by atoms with Gasteiger partial charge >= 0.3 is 0 Å². The lowest BCUT2D eigenvalue weighted by atomic mass is 9.98. The summed E-state index contributed by atoms with van der Waals surface area (Å²) in [5.74, 6) is 0.0692.